The van der Waals surface area contributed by atoms with Crippen LogP contribution in [0, 0.1) is 12.8 Å². The summed E-state index contributed by atoms with van der Waals surface area (Å²) in [4.78, 5) is 0. The molecule has 2 N–H and O–H groups in total. The molecule has 0 aliphatic heterocycles. The predicted molar refractivity (Wildman–Crippen MR) is 91.0 cm³/mol. The fourth-order valence-electron chi connectivity index (χ4n) is 2.21. The van der Waals surface area contributed by atoms with Crippen molar-refractivity contribution in [2.24, 2.45) is 5.92 Å². The SMILES string of the molecule is Cc1ccc(NC[C@@H](CO)CCOCc2ccccc2)cc1. The largest absolute Gasteiger partial charge is 0.396 e. The zero-order chi connectivity index (χ0) is 15.6. The second-order valence-corrected chi connectivity index (χ2v) is 5.62. The van der Waals surface area contributed by atoms with E-state index in [0.717, 1.165) is 18.7 Å². The molecule has 1 atom stereocenters. The molecular formula is C19H25NO2. The fourth-order valence-corrected chi connectivity index (χ4v) is 2.21. The lowest BCUT2D eigenvalue weighted by Gasteiger charge is -2.16. The minimum Gasteiger partial charge on any atom is -0.396 e. The van der Waals surface area contributed by atoms with Crippen molar-refractivity contribution in [2.45, 2.75) is 20.0 Å². The normalized spacial score (nSPS) is 12.1. The van der Waals surface area contributed by atoms with Crippen LogP contribution in [0.5, 0.6) is 0 Å². The van der Waals surface area contributed by atoms with Crippen LogP contribution in [-0.4, -0.2) is 24.9 Å². The van der Waals surface area contributed by atoms with Gasteiger partial charge in [-0.1, -0.05) is 48.0 Å². The van der Waals surface area contributed by atoms with Gasteiger partial charge in [-0.15, -0.1) is 0 Å². The number of aliphatic hydroxyl groups excluding tert-OH is 1. The van der Waals surface area contributed by atoms with E-state index in [1.807, 2.05) is 18.2 Å². The highest BCUT2D eigenvalue weighted by Crippen LogP contribution is 2.11. The first-order chi connectivity index (χ1) is 10.8. The summed E-state index contributed by atoms with van der Waals surface area (Å²) >= 11 is 0. The summed E-state index contributed by atoms with van der Waals surface area (Å²) in [5.74, 6) is 0.206. The molecule has 2 aromatic carbocycles. The molecule has 0 aromatic heterocycles. The maximum absolute atomic E-state index is 9.47. The summed E-state index contributed by atoms with van der Waals surface area (Å²) in [5.41, 5.74) is 3.52. The zero-order valence-electron chi connectivity index (χ0n) is 13.2. The van der Waals surface area contributed by atoms with Crippen LogP contribution in [0.3, 0.4) is 0 Å². The smallest absolute Gasteiger partial charge is 0.0716 e. The first kappa shape index (κ1) is 16.5. The van der Waals surface area contributed by atoms with Gasteiger partial charge in [-0.05, 0) is 31.0 Å². The molecule has 3 nitrogen and oxygen atoms in total. The number of ether oxygens (including phenoxy) is 1. The molecule has 0 radical (unpaired) electrons. The molecule has 2 rings (SSSR count). The molecule has 0 aliphatic carbocycles. The van der Waals surface area contributed by atoms with Gasteiger partial charge in [-0.2, -0.15) is 0 Å². The Morgan fingerprint density at radius 3 is 2.45 bits per heavy atom. The van der Waals surface area contributed by atoms with Gasteiger partial charge in [0.05, 0.1) is 6.61 Å². The third-order valence-electron chi connectivity index (χ3n) is 3.69. The highest BCUT2D eigenvalue weighted by atomic mass is 16.5. The summed E-state index contributed by atoms with van der Waals surface area (Å²) in [5, 5.41) is 12.8. The molecule has 2 aromatic rings. The molecule has 0 heterocycles. The van der Waals surface area contributed by atoms with Crippen molar-refractivity contribution in [3.8, 4) is 0 Å². The second kappa shape index (κ2) is 9.23. The van der Waals surface area contributed by atoms with Gasteiger partial charge >= 0.3 is 0 Å². The summed E-state index contributed by atoms with van der Waals surface area (Å²) in [6.07, 6.45) is 0.849. The van der Waals surface area contributed by atoms with Gasteiger partial charge in [0.15, 0.2) is 0 Å². The van der Waals surface area contributed by atoms with Crippen LogP contribution < -0.4 is 5.32 Å². The first-order valence-corrected chi connectivity index (χ1v) is 7.81. The summed E-state index contributed by atoms with van der Waals surface area (Å²) in [6, 6.07) is 18.4. The second-order valence-electron chi connectivity index (χ2n) is 5.62. The lowest BCUT2D eigenvalue weighted by molar-refractivity contribution is 0.0974. The molecule has 0 saturated carbocycles. The third-order valence-corrected chi connectivity index (χ3v) is 3.69. The third kappa shape index (κ3) is 5.88. The maximum Gasteiger partial charge on any atom is 0.0716 e. The van der Waals surface area contributed by atoms with E-state index < -0.39 is 0 Å². The van der Waals surface area contributed by atoms with E-state index in [0.29, 0.717) is 13.2 Å². The average Bonchev–Trinajstić information content (AvgIpc) is 2.57. The number of hydrogen-bond acceptors (Lipinski definition) is 3. The Morgan fingerprint density at radius 1 is 1.05 bits per heavy atom. The summed E-state index contributed by atoms with van der Waals surface area (Å²) in [6.45, 7) is 4.30. The topological polar surface area (TPSA) is 41.5 Å². The molecule has 0 amide bonds. The number of nitrogens with one attached hydrogen (secondary N) is 1. The molecule has 0 aliphatic rings. The average molecular weight is 299 g/mol. The van der Waals surface area contributed by atoms with Crippen LogP contribution >= 0.6 is 0 Å². The Balaban J connectivity index is 1.65. The monoisotopic (exact) mass is 299 g/mol. The fraction of sp³-hybridized carbons (Fsp3) is 0.368. The minimum absolute atomic E-state index is 0.174. The number of aliphatic hydroxyl groups is 1. The van der Waals surface area contributed by atoms with E-state index in [9.17, 15) is 5.11 Å². The van der Waals surface area contributed by atoms with Crippen LogP contribution in [0.15, 0.2) is 54.6 Å². The Labute approximate surface area is 133 Å². The van der Waals surface area contributed by atoms with Crippen LogP contribution in [0.25, 0.3) is 0 Å². The van der Waals surface area contributed by atoms with Crippen molar-refractivity contribution in [1.82, 2.24) is 0 Å². The summed E-state index contributed by atoms with van der Waals surface area (Å²) in [7, 11) is 0. The number of benzene rings is 2. The van der Waals surface area contributed by atoms with Gasteiger partial charge in [0, 0.05) is 31.4 Å². The highest BCUT2D eigenvalue weighted by Gasteiger charge is 2.07. The molecule has 0 bridgehead atoms. The quantitative estimate of drug-likeness (QED) is 0.695. The molecule has 0 saturated heterocycles. The lowest BCUT2D eigenvalue weighted by atomic mass is 10.1. The van der Waals surface area contributed by atoms with E-state index in [1.165, 1.54) is 11.1 Å². The van der Waals surface area contributed by atoms with Gasteiger partial charge < -0.3 is 15.2 Å². The number of rotatable bonds is 9. The van der Waals surface area contributed by atoms with Gasteiger partial charge in [0.1, 0.15) is 0 Å². The van der Waals surface area contributed by atoms with Crippen LogP contribution in [0.4, 0.5) is 5.69 Å². The van der Waals surface area contributed by atoms with Crippen molar-refractivity contribution < 1.29 is 9.84 Å². The van der Waals surface area contributed by atoms with Crippen molar-refractivity contribution in [3.63, 3.8) is 0 Å². The molecule has 118 valence electrons. The van der Waals surface area contributed by atoms with Gasteiger partial charge in [-0.25, -0.2) is 0 Å². The summed E-state index contributed by atoms with van der Waals surface area (Å²) < 4.78 is 5.68. The molecule has 0 spiro atoms. The highest BCUT2D eigenvalue weighted by molar-refractivity contribution is 5.44. The number of hydrogen-bond donors (Lipinski definition) is 2. The Bertz CT molecular complexity index is 525. The first-order valence-electron chi connectivity index (χ1n) is 7.81. The Kier molecular flexibility index (Phi) is 6.94. The Hall–Kier alpha value is -1.84. The van der Waals surface area contributed by atoms with E-state index >= 15 is 0 Å². The van der Waals surface area contributed by atoms with Crippen LogP contribution in [0.2, 0.25) is 0 Å². The van der Waals surface area contributed by atoms with Crippen LogP contribution in [-0.2, 0) is 11.3 Å². The number of anilines is 1. The van der Waals surface area contributed by atoms with Gasteiger partial charge in [-0.3, -0.25) is 0 Å². The molecule has 3 heteroatoms. The van der Waals surface area contributed by atoms with Crippen molar-refractivity contribution in [1.29, 1.82) is 0 Å². The zero-order valence-corrected chi connectivity index (χ0v) is 13.2. The number of aryl methyl sites for hydroxylation is 1. The van der Waals surface area contributed by atoms with E-state index in [2.05, 4.69) is 48.6 Å². The molecule has 0 unspecified atom stereocenters. The van der Waals surface area contributed by atoms with E-state index in [-0.39, 0.29) is 12.5 Å². The van der Waals surface area contributed by atoms with Crippen molar-refractivity contribution >= 4 is 5.69 Å². The Morgan fingerprint density at radius 2 is 1.77 bits per heavy atom. The van der Waals surface area contributed by atoms with Crippen LogP contribution in [0.1, 0.15) is 17.5 Å². The maximum atomic E-state index is 9.47. The lowest BCUT2D eigenvalue weighted by Crippen LogP contribution is -2.19. The standard InChI is InChI=1S/C19H25NO2/c1-16-7-9-19(10-8-16)20-13-18(14-21)11-12-22-15-17-5-3-2-4-6-17/h2-10,18,20-21H,11-15H2,1H3/t18-/m0/s1. The molecule has 22 heavy (non-hydrogen) atoms. The van der Waals surface area contributed by atoms with E-state index in [1.54, 1.807) is 0 Å². The van der Waals surface area contributed by atoms with Crippen molar-refractivity contribution in [2.75, 3.05) is 25.1 Å². The molecular weight excluding hydrogens is 274 g/mol. The minimum atomic E-state index is 0.174. The van der Waals surface area contributed by atoms with E-state index in [4.69, 9.17) is 4.74 Å². The predicted octanol–water partition coefficient (Wildman–Crippen LogP) is 3.62. The van der Waals surface area contributed by atoms with Crippen molar-refractivity contribution in [3.05, 3.63) is 65.7 Å². The van der Waals surface area contributed by atoms with Gasteiger partial charge in [0.2, 0.25) is 0 Å². The molecule has 0 fully saturated rings. The van der Waals surface area contributed by atoms with Gasteiger partial charge in [0.25, 0.3) is 0 Å².